The number of phenols is 1. The summed E-state index contributed by atoms with van der Waals surface area (Å²) in [5.74, 6) is 2.25. The first-order valence-electron chi connectivity index (χ1n) is 14.3. The van der Waals surface area contributed by atoms with Gasteiger partial charge in [-0.3, -0.25) is 0 Å². The van der Waals surface area contributed by atoms with Gasteiger partial charge in [-0.1, -0.05) is 51.1 Å². The van der Waals surface area contributed by atoms with Crippen LogP contribution in [-0.2, 0) is 25.7 Å². The summed E-state index contributed by atoms with van der Waals surface area (Å²) in [4.78, 5) is 0. The van der Waals surface area contributed by atoms with Crippen molar-refractivity contribution in [1.29, 1.82) is 0 Å². The molecular formula is C34H46N2O3. The van der Waals surface area contributed by atoms with Gasteiger partial charge in [0.2, 0.25) is 0 Å². The van der Waals surface area contributed by atoms with Crippen molar-refractivity contribution in [1.82, 2.24) is 5.32 Å². The van der Waals surface area contributed by atoms with Crippen molar-refractivity contribution in [3.05, 3.63) is 82.4 Å². The Kier molecular flexibility index (Phi) is 9.79. The molecule has 3 aromatic rings. The van der Waals surface area contributed by atoms with Crippen LogP contribution in [0.25, 0.3) is 0 Å². The fraction of sp³-hybridized carbons (Fsp3) is 0.471. The van der Waals surface area contributed by atoms with Crippen molar-refractivity contribution in [2.24, 2.45) is 5.41 Å². The lowest BCUT2D eigenvalue weighted by Crippen LogP contribution is -2.28. The van der Waals surface area contributed by atoms with Gasteiger partial charge in [0.1, 0.15) is 5.75 Å². The molecule has 0 heterocycles. The highest BCUT2D eigenvalue weighted by molar-refractivity contribution is 5.62. The fourth-order valence-corrected chi connectivity index (χ4v) is 5.48. The van der Waals surface area contributed by atoms with Gasteiger partial charge in [0, 0.05) is 24.8 Å². The number of methoxy groups -OCH3 is 2. The Morgan fingerprint density at radius 2 is 1.54 bits per heavy atom. The number of nitrogens with one attached hydrogen (secondary N) is 2. The maximum atomic E-state index is 9.88. The van der Waals surface area contributed by atoms with Crippen molar-refractivity contribution < 1.29 is 14.6 Å². The van der Waals surface area contributed by atoms with Crippen molar-refractivity contribution in [2.75, 3.05) is 39.2 Å². The third-order valence-corrected chi connectivity index (χ3v) is 7.64. The van der Waals surface area contributed by atoms with Gasteiger partial charge in [0.05, 0.1) is 14.2 Å². The summed E-state index contributed by atoms with van der Waals surface area (Å²) in [5.41, 5.74) is 8.06. The minimum Gasteiger partial charge on any atom is -0.508 e. The first-order valence-corrected chi connectivity index (χ1v) is 14.3. The van der Waals surface area contributed by atoms with E-state index in [4.69, 9.17) is 9.47 Å². The topological polar surface area (TPSA) is 62.8 Å². The lowest BCUT2D eigenvalue weighted by molar-refractivity contribution is 0.354. The van der Waals surface area contributed by atoms with Gasteiger partial charge in [-0.2, -0.15) is 0 Å². The van der Waals surface area contributed by atoms with Gasteiger partial charge in [-0.05, 0) is 102 Å². The zero-order valence-corrected chi connectivity index (χ0v) is 24.4. The number of hydrogen-bond donors (Lipinski definition) is 3. The molecular weight excluding hydrogens is 484 g/mol. The summed E-state index contributed by atoms with van der Waals surface area (Å²) < 4.78 is 11.3. The van der Waals surface area contributed by atoms with Crippen molar-refractivity contribution >= 4 is 5.69 Å². The third-order valence-electron chi connectivity index (χ3n) is 7.64. The molecule has 0 spiro atoms. The maximum absolute atomic E-state index is 9.88. The first kappa shape index (κ1) is 28.8. The summed E-state index contributed by atoms with van der Waals surface area (Å²) in [5, 5.41) is 17.2. The molecule has 4 rings (SSSR count). The van der Waals surface area contributed by atoms with E-state index >= 15 is 0 Å². The van der Waals surface area contributed by atoms with E-state index in [9.17, 15) is 5.11 Å². The highest BCUT2D eigenvalue weighted by Crippen LogP contribution is 2.42. The number of benzene rings is 3. The summed E-state index contributed by atoms with van der Waals surface area (Å²) in [7, 11) is 3.39. The average molecular weight is 531 g/mol. The number of aromatic hydroxyl groups is 1. The van der Waals surface area contributed by atoms with Gasteiger partial charge < -0.3 is 25.2 Å². The van der Waals surface area contributed by atoms with Gasteiger partial charge in [-0.25, -0.2) is 0 Å². The predicted molar refractivity (Wildman–Crippen MR) is 162 cm³/mol. The molecule has 1 atom stereocenters. The van der Waals surface area contributed by atoms with Crippen LogP contribution in [0.15, 0.2) is 54.6 Å². The lowest BCUT2D eigenvalue weighted by atomic mass is 9.79. The first-order chi connectivity index (χ1) is 18.8. The van der Waals surface area contributed by atoms with E-state index in [1.165, 1.54) is 27.8 Å². The number of ether oxygens (including phenoxy) is 2. The average Bonchev–Trinajstić information content (AvgIpc) is 2.93. The normalized spacial score (nSPS) is 15.1. The fourth-order valence-electron chi connectivity index (χ4n) is 5.48. The van der Waals surface area contributed by atoms with E-state index in [0.717, 1.165) is 75.3 Å². The van der Waals surface area contributed by atoms with Crippen LogP contribution in [0.5, 0.6) is 17.2 Å². The number of rotatable bonds is 12. The number of fused-ring (bicyclic) bond motifs is 1. The Morgan fingerprint density at radius 1 is 0.846 bits per heavy atom. The zero-order valence-electron chi connectivity index (χ0n) is 24.4. The smallest absolute Gasteiger partial charge is 0.162 e. The zero-order chi connectivity index (χ0) is 27.8. The molecule has 0 aliphatic heterocycles. The summed E-state index contributed by atoms with van der Waals surface area (Å²) >= 11 is 0. The summed E-state index contributed by atoms with van der Waals surface area (Å²) in [6.07, 6.45) is 6.11. The molecule has 1 aliphatic carbocycles. The van der Waals surface area contributed by atoms with Crippen LogP contribution in [0, 0.1) is 5.41 Å². The molecule has 210 valence electrons. The Balaban J connectivity index is 1.35. The lowest BCUT2D eigenvalue weighted by Gasteiger charge is -2.28. The molecule has 0 radical (unpaired) electrons. The van der Waals surface area contributed by atoms with Gasteiger partial charge in [0.25, 0.3) is 0 Å². The Labute approximate surface area is 234 Å². The molecule has 1 aliphatic rings. The summed E-state index contributed by atoms with van der Waals surface area (Å²) in [6.45, 7) is 9.73. The SMILES string of the molecule is COc1cc(NCCCc2ccc(CCNCC(C)(C)C)cc2)c(C2CCc3cc(O)ccc3C2)cc1OC. The molecule has 0 aromatic heterocycles. The monoisotopic (exact) mass is 530 g/mol. The van der Waals surface area contributed by atoms with Crippen molar-refractivity contribution in [2.45, 2.75) is 65.2 Å². The molecule has 0 fully saturated rings. The van der Waals surface area contributed by atoms with Crippen molar-refractivity contribution in [3.63, 3.8) is 0 Å². The van der Waals surface area contributed by atoms with Gasteiger partial charge in [-0.15, -0.1) is 0 Å². The number of aryl methyl sites for hydroxylation is 2. The molecule has 39 heavy (non-hydrogen) atoms. The van der Waals surface area contributed by atoms with Crippen LogP contribution in [0.3, 0.4) is 0 Å². The molecule has 3 aromatic carbocycles. The second-order valence-corrected chi connectivity index (χ2v) is 12.0. The van der Waals surface area contributed by atoms with E-state index < -0.39 is 0 Å². The Bertz CT molecular complexity index is 1210. The van der Waals surface area contributed by atoms with Gasteiger partial charge in [0.15, 0.2) is 11.5 Å². The van der Waals surface area contributed by atoms with E-state index in [1.807, 2.05) is 6.07 Å². The highest BCUT2D eigenvalue weighted by atomic mass is 16.5. The standard InChI is InChI=1S/C34H46N2O3/c1-34(2,3)23-35-18-16-25-10-8-24(9-11-25)7-6-17-36-31-22-33(39-5)32(38-4)21-30(31)28-13-12-27-20-29(37)15-14-26(27)19-28/h8-11,14-15,20-22,28,35-37H,6-7,12-13,16-19,23H2,1-5H3. The van der Waals surface area contributed by atoms with Crippen LogP contribution in [0.1, 0.15) is 67.3 Å². The second-order valence-electron chi connectivity index (χ2n) is 12.0. The molecule has 5 heteroatoms. The van der Waals surface area contributed by atoms with Crippen LogP contribution < -0.4 is 20.1 Å². The van der Waals surface area contributed by atoms with Crippen LogP contribution >= 0.6 is 0 Å². The summed E-state index contributed by atoms with van der Waals surface area (Å²) in [6, 6.07) is 19.1. The largest absolute Gasteiger partial charge is 0.508 e. The Morgan fingerprint density at radius 3 is 2.23 bits per heavy atom. The van der Waals surface area contributed by atoms with Crippen LogP contribution in [-0.4, -0.2) is 39.0 Å². The predicted octanol–water partition coefficient (Wildman–Crippen LogP) is 6.90. The second kappa shape index (κ2) is 13.3. The maximum Gasteiger partial charge on any atom is 0.162 e. The molecule has 5 nitrogen and oxygen atoms in total. The third kappa shape index (κ3) is 8.15. The highest BCUT2D eigenvalue weighted by Gasteiger charge is 2.24. The molecule has 1 unspecified atom stereocenters. The Hall–Kier alpha value is -3.18. The molecule has 3 N–H and O–H groups in total. The van der Waals surface area contributed by atoms with Crippen molar-refractivity contribution in [3.8, 4) is 17.2 Å². The van der Waals surface area contributed by atoms with E-state index in [2.05, 4.69) is 73.9 Å². The van der Waals surface area contributed by atoms with E-state index in [1.54, 1.807) is 20.3 Å². The molecule has 0 bridgehead atoms. The number of anilines is 1. The van der Waals surface area contributed by atoms with Gasteiger partial charge >= 0.3 is 0 Å². The molecule has 0 saturated heterocycles. The molecule has 0 saturated carbocycles. The van der Waals surface area contributed by atoms with Crippen LogP contribution in [0.2, 0.25) is 0 Å². The van der Waals surface area contributed by atoms with E-state index in [-0.39, 0.29) is 0 Å². The number of phenolic OH excluding ortho intramolecular Hbond substituents is 1. The molecule has 0 amide bonds. The van der Waals surface area contributed by atoms with E-state index in [0.29, 0.717) is 17.1 Å². The minimum absolute atomic E-state index is 0.322. The number of hydrogen-bond acceptors (Lipinski definition) is 5. The van der Waals surface area contributed by atoms with Crippen LogP contribution in [0.4, 0.5) is 5.69 Å². The minimum atomic E-state index is 0.322. The quantitative estimate of drug-likeness (QED) is 0.222.